The number of hydrogen-bond acceptors (Lipinski definition) is 4. The molecule has 2 fully saturated rings. The molecule has 1 heterocycles. The van der Waals surface area contributed by atoms with Crippen LogP contribution in [0.15, 0.2) is 23.1 Å². The van der Waals surface area contributed by atoms with Gasteiger partial charge in [0.2, 0.25) is 5.43 Å². The topological polar surface area (TPSA) is 95.2 Å². The lowest BCUT2D eigenvalue weighted by Crippen LogP contribution is -2.35. The van der Waals surface area contributed by atoms with Gasteiger partial charge in [-0.05, 0) is 63.6 Å². The average Bonchev–Trinajstić information content (AvgIpc) is 3.55. The molecule has 148 valence electrons. The summed E-state index contributed by atoms with van der Waals surface area (Å²) in [5, 5.41) is 22.0. The van der Waals surface area contributed by atoms with E-state index in [2.05, 4.69) is 12.2 Å². The Morgan fingerprint density at radius 3 is 2.57 bits per heavy atom. The van der Waals surface area contributed by atoms with E-state index >= 15 is 0 Å². The van der Waals surface area contributed by atoms with Crippen LogP contribution in [-0.4, -0.2) is 33.9 Å². The number of carboxylic acids is 1. The number of rotatable bonds is 7. The number of fused-ring (bicyclic) bond motifs is 1. The molecule has 0 saturated heterocycles. The van der Waals surface area contributed by atoms with Gasteiger partial charge in [0.15, 0.2) is 0 Å². The lowest BCUT2D eigenvalue weighted by molar-refractivity contribution is 0.0695. The first kappa shape index (κ1) is 18.9. The summed E-state index contributed by atoms with van der Waals surface area (Å²) in [5.41, 5.74) is 2.63. The highest BCUT2D eigenvalue weighted by molar-refractivity contribution is 6.04. The van der Waals surface area contributed by atoms with E-state index in [1.54, 1.807) is 6.07 Å². The second-order valence-corrected chi connectivity index (χ2v) is 8.44. The third-order valence-electron chi connectivity index (χ3n) is 6.68. The number of aromatic carboxylic acids is 1. The number of carboxylic acid groups (broad SMARTS) is 1. The van der Waals surface area contributed by atoms with Crippen LogP contribution >= 0.6 is 0 Å². The second-order valence-electron chi connectivity index (χ2n) is 8.44. The monoisotopic (exact) mass is 381 g/mol. The predicted octanol–water partition coefficient (Wildman–Crippen LogP) is 3.49. The minimum atomic E-state index is -1.19. The fourth-order valence-electron chi connectivity index (χ4n) is 4.48. The van der Waals surface area contributed by atoms with E-state index in [4.69, 9.17) is 5.41 Å². The molecule has 0 unspecified atom stereocenters. The molecule has 3 N–H and O–H groups in total. The third-order valence-corrected chi connectivity index (χ3v) is 6.68. The first-order valence-corrected chi connectivity index (χ1v) is 9.97. The van der Waals surface area contributed by atoms with Crippen molar-refractivity contribution in [1.82, 2.24) is 9.88 Å². The standard InChI is InChI=1S/C22H27N3O3/c1-12(22(24-3)8-9-22)10-18(23)15-6-7-16-19(13(15)2)25(14-4-5-14)11-17(20(16)26)21(27)28/h6-7,11-12,14,23-24H,4-5,8-10H2,1-3H3,(H,27,28)/t12-/m1/s1. The van der Waals surface area contributed by atoms with Crippen LogP contribution in [0.2, 0.25) is 0 Å². The Morgan fingerprint density at radius 2 is 2.04 bits per heavy atom. The highest BCUT2D eigenvalue weighted by atomic mass is 16.4. The lowest BCUT2D eigenvalue weighted by atomic mass is 9.89. The summed E-state index contributed by atoms with van der Waals surface area (Å²) in [6.07, 6.45) is 6.43. The predicted molar refractivity (Wildman–Crippen MR) is 110 cm³/mol. The molecule has 2 aromatic rings. The molecule has 1 aromatic heterocycles. The number of aromatic nitrogens is 1. The third kappa shape index (κ3) is 2.96. The number of benzene rings is 1. The number of nitrogens with zero attached hydrogens (tertiary/aromatic N) is 1. The number of hydrogen-bond donors (Lipinski definition) is 3. The SMILES string of the molecule is CNC1([C@H](C)CC(=N)c2ccc3c(=O)c(C(=O)O)cn(C4CC4)c3c2C)CC1. The molecule has 2 aliphatic carbocycles. The van der Waals surface area contributed by atoms with Crippen molar-refractivity contribution in [1.29, 1.82) is 5.41 Å². The molecule has 0 aliphatic heterocycles. The van der Waals surface area contributed by atoms with Gasteiger partial charge in [-0.2, -0.15) is 0 Å². The van der Waals surface area contributed by atoms with Gasteiger partial charge in [0, 0.05) is 34.4 Å². The molecule has 2 aliphatic rings. The molecule has 6 nitrogen and oxygen atoms in total. The van der Waals surface area contributed by atoms with E-state index in [0.717, 1.165) is 42.3 Å². The van der Waals surface area contributed by atoms with Crippen LogP contribution in [0.5, 0.6) is 0 Å². The minimum Gasteiger partial charge on any atom is -0.477 e. The Hall–Kier alpha value is -2.47. The number of carbonyl (C=O) groups is 1. The Kier molecular flexibility index (Phi) is 4.42. The Labute approximate surface area is 164 Å². The van der Waals surface area contributed by atoms with Gasteiger partial charge in [0.1, 0.15) is 5.56 Å². The summed E-state index contributed by atoms with van der Waals surface area (Å²) in [4.78, 5) is 24.2. The van der Waals surface area contributed by atoms with E-state index in [1.165, 1.54) is 6.20 Å². The van der Waals surface area contributed by atoms with E-state index in [-0.39, 0.29) is 17.1 Å². The van der Waals surface area contributed by atoms with Crippen LogP contribution in [0.1, 0.15) is 66.6 Å². The maximum Gasteiger partial charge on any atom is 0.341 e. The quantitative estimate of drug-likeness (QED) is 0.640. The van der Waals surface area contributed by atoms with E-state index < -0.39 is 11.4 Å². The Balaban J connectivity index is 1.79. The van der Waals surface area contributed by atoms with E-state index in [9.17, 15) is 14.7 Å². The second kappa shape index (κ2) is 6.55. The van der Waals surface area contributed by atoms with Crippen LogP contribution in [0.3, 0.4) is 0 Å². The molecule has 2 saturated carbocycles. The molecule has 1 aromatic carbocycles. The van der Waals surface area contributed by atoms with Crippen LogP contribution in [-0.2, 0) is 0 Å². The number of nitrogens with one attached hydrogen (secondary N) is 2. The summed E-state index contributed by atoms with van der Waals surface area (Å²) >= 11 is 0. The molecule has 0 radical (unpaired) electrons. The van der Waals surface area contributed by atoms with Crippen molar-refractivity contribution in [2.75, 3.05) is 7.05 Å². The maximum absolute atomic E-state index is 12.7. The van der Waals surface area contributed by atoms with Gasteiger partial charge in [0.05, 0.1) is 5.52 Å². The minimum absolute atomic E-state index is 0.156. The first-order chi connectivity index (χ1) is 13.3. The largest absolute Gasteiger partial charge is 0.477 e. The van der Waals surface area contributed by atoms with Gasteiger partial charge >= 0.3 is 5.97 Å². The van der Waals surface area contributed by atoms with Gasteiger partial charge in [-0.1, -0.05) is 13.0 Å². The Morgan fingerprint density at radius 1 is 1.36 bits per heavy atom. The van der Waals surface area contributed by atoms with Crippen molar-refractivity contribution in [3.63, 3.8) is 0 Å². The number of pyridine rings is 1. The smallest absolute Gasteiger partial charge is 0.341 e. The molecule has 4 rings (SSSR count). The summed E-state index contributed by atoms with van der Waals surface area (Å²) in [6.45, 7) is 4.13. The molecule has 28 heavy (non-hydrogen) atoms. The summed E-state index contributed by atoms with van der Waals surface area (Å²) in [5.74, 6) is -0.827. The highest BCUT2D eigenvalue weighted by Gasteiger charge is 2.45. The summed E-state index contributed by atoms with van der Waals surface area (Å²) in [6, 6.07) is 3.76. The molecular weight excluding hydrogens is 354 g/mol. The zero-order valence-corrected chi connectivity index (χ0v) is 16.6. The Bertz CT molecular complexity index is 1050. The summed E-state index contributed by atoms with van der Waals surface area (Å²) < 4.78 is 1.95. The molecule has 1 atom stereocenters. The van der Waals surface area contributed by atoms with Gasteiger partial charge in [-0.15, -0.1) is 0 Å². The van der Waals surface area contributed by atoms with Crippen LogP contribution in [0.25, 0.3) is 10.9 Å². The van der Waals surface area contributed by atoms with Gasteiger partial charge in [-0.3, -0.25) is 4.79 Å². The molecule has 0 spiro atoms. The van der Waals surface area contributed by atoms with Gasteiger partial charge in [0.25, 0.3) is 0 Å². The van der Waals surface area contributed by atoms with Crippen molar-refractivity contribution in [3.05, 3.63) is 45.2 Å². The van der Waals surface area contributed by atoms with Crippen molar-refractivity contribution in [2.45, 2.75) is 57.5 Å². The fourth-order valence-corrected chi connectivity index (χ4v) is 4.48. The number of aryl methyl sites for hydroxylation is 1. The van der Waals surface area contributed by atoms with E-state index in [1.807, 2.05) is 24.6 Å². The highest BCUT2D eigenvalue weighted by Crippen LogP contribution is 2.44. The van der Waals surface area contributed by atoms with Crippen molar-refractivity contribution in [2.24, 2.45) is 5.92 Å². The molecule has 0 amide bonds. The zero-order valence-electron chi connectivity index (χ0n) is 16.6. The zero-order chi connectivity index (χ0) is 20.2. The molecule has 6 heteroatoms. The maximum atomic E-state index is 12.7. The first-order valence-electron chi connectivity index (χ1n) is 9.97. The van der Waals surface area contributed by atoms with Crippen molar-refractivity contribution >= 4 is 22.6 Å². The van der Waals surface area contributed by atoms with Crippen molar-refractivity contribution < 1.29 is 9.90 Å². The van der Waals surface area contributed by atoms with Gasteiger partial charge in [-0.25, -0.2) is 4.79 Å². The fraction of sp³-hybridized carbons (Fsp3) is 0.500. The van der Waals surface area contributed by atoms with Crippen LogP contribution in [0, 0.1) is 18.3 Å². The normalized spacial score (nSPS) is 18.8. The van der Waals surface area contributed by atoms with E-state index in [0.29, 0.717) is 23.4 Å². The molecular formula is C22H27N3O3. The lowest BCUT2D eigenvalue weighted by Gasteiger charge is -2.24. The average molecular weight is 381 g/mol. The van der Waals surface area contributed by atoms with Gasteiger partial charge < -0.3 is 20.4 Å². The molecule has 0 bridgehead atoms. The van der Waals surface area contributed by atoms with Crippen LogP contribution in [0.4, 0.5) is 0 Å². The van der Waals surface area contributed by atoms with Crippen molar-refractivity contribution in [3.8, 4) is 0 Å². The van der Waals surface area contributed by atoms with Crippen LogP contribution < -0.4 is 10.7 Å². The summed E-state index contributed by atoms with van der Waals surface area (Å²) in [7, 11) is 1.99.